The van der Waals surface area contributed by atoms with Gasteiger partial charge in [-0.05, 0) is 35.2 Å². The van der Waals surface area contributed by atoms with Gasteiger partial charge in [-0.2, -0.15) is 0 Å². The van der Waals surface area contributed by atoms with Gasteiger partial charge in [0, 0.05) is 23.6 Å². The van der Waals surface area contributed by atoms with Crippen molar-refractivity contribution >= 4 is 16.8 Å². The van der Waals surface area contributed by atoms with Crippen molar-refractivity contribution in [1.82, 2.24) is 10.3 Å². The average Bonchev–Trinajstić information content (AvgIpc) is 3.05. The summed E-state index contributed by atoms with van der Waals surface area (Å²) in [5.41, 5.74) is 3.91. The van der Waals surface area contributed by atoms with E-state index >= 15 is 0 Å². The minimum Gasteiger partial charge on any atom is -0.496 e. The summed E-state index contributed by atoms with van der Waals surface area (Å²) >= 11 is 0. The number of nitrogens with one attached hydrogen (secondary N) is 2. The van der Waals surface area contributed by atoms with Gasteiger partial charge < -0.3 is 20.1 Å². The second-order valence-corrected chi connectivity index (χ2v) is 5.95. The molecule has 0 saturated carbocycles. The van der Waals surface area contributed by atoms with Gasteiger partial charge in [-0.1, -0.05) is 30.3 Å². The van der Waals surface area contributed by atoms with E-state index in [1.54, 1.807) is 7.11 Å². The number of aromatic amines is 1. The topological polar surface area (TPSA) is 74.4 Å². The quantitative estimate of drug-likeness (QED) is 0.620. The molecule has 0 saturated heterocycles. The number of methoxy groups -OCH3 is 1. The van der Waals surface area contributed by atoms with Gasteiger partial charge in [0.1, 0.15) is 5.75 Å². The maximum atomic E-state index is 12.2. The van der Waals surface area contributed by atoms with Crippen LogP contribution < -0.4 is 10.1 Å². The number of H-pyrrole nitrogens is 1. The average molecular weight is 338 g/mol. The fraction of sp³-hybridized carbons (Fsp3) is 0.250. The van der Waals surface area contributed by atoms with E-state index in [1.165, 1.54) is 0 Å². The van der Waals surface area contributed by atoms with Crippen molar-refractivity contribution in [3.8, 4) is 5.75 Å². The Hall–Kier alpha value is -2.79. The third-order valence-corrected chi connectivity index (χ3v) is 4.26. The number of aliphatic hydroxyl groups excluding tert-OH is 1. The fourth-order valence-electron chi connectivity index (χ4n) is 2.92. The van der Waals surface area contributed by atoms with Crippen molar-refractivity contribution in [3.05, 3.63) is 65.4 Å². The molecule has 0 unspecified atom stereocenters. The Morgan fingerprint density at radius 3 is 2.64 bits per heavy atom. The molecule has 0 radical (unpaired) electrons. The molecular weight excluding hydrogens is 316 g/mol. The summed E-state index contributed by atoms with van der Waals surface area (Å²) in [5.74, 6) is 0.754. The molecule has 0 aliphatic carbocycles. The minimum absolute atomic E-state index is 0.0150. The maximum Gasteiger partial charge on any atom is 0.224 e. The van der Waals surface area contributed by atoms with Crippen LogP contribution in [-0.4, -0.2) is 29.7 Å². The second-order valence-electron chi connectivity index (χ2n) is 5.95. The van der Waals surface area contributed by atoms with Gasteiger partial charge in [0.2, 0.25) is 5.91 Å². The van der Waals surface area contributed by atoms with Crippen molar-refractivity contribution in [3.63, 3.8) is 0 Å². The van der Waals surface area contributed by atoms with Gasteiger partial charge in [0.05, 0.1) is 20.1 Å². The van der Waals surface area contributed by atoms with Gasteiger partial charge in [-0.3, -0.25) is 4.79 Å². The molecule has 0 atom stereocenters. The van der Waals surface area contributed by atoms with E-state index in [9.17, 15) is 4.79 Å². The minimum atomic E-state index is -0.0150. The first-order chi connectivity index (χ1) is 12.2. The van der Waals surface area contributed by atoms with Crippen LogP contribution in [0.15, 0.2) is 48.7 Å². The summed E-state index contributed by atoms with van der Waals surface area (Å²) in [6.07, 6.45) is 2.93. The van der Waals surface area contributed by atoms with Gasteiger partial charge >= 0.3 is 0 Å². The Bertz CT molecular complexity index is 853. The van der Waals surface area contributed by atoms with Gasteiger partial charge in [-0.25, -0.2) is 0 Å². The summed E-state index contributed by atoms with van der Waals surface area (Å²) in [6, 6.07) is 13.5. The Morgan fingerprint density at radius 1 is 1.16 bits per heavy atom. The molecule has 5 heteroatoms. The van der Waals surface area contributed by atoms with E-state index in [-0.39, 0.29) is 12.5 Å². The number of amides is 1. The summed E-state index contributed by atoms with van der Waals surface area (Å²) in [4.78, 5) is 15.4. The predicted molar refractivity (Wildman–Crippen MR) is 97.6 cm³/mol. The normalized spacial score (nSPS) is 10.8. The molecule has 1 amide bonds. The first-order valence-corrected chi connectivity index (χ1v) is 8.29. The maximum absolute atomic E-state index is 12.2. The summed E-state index contributed by atoms with van der Waals surface area (Å²) in [5, 5.41) is 13.0. The molecule has 1 aromatic heterocycles. The van der Waals surface area contributed by atoms with Crippen molar-refractivity contribution in [2.24, 2.45) is 0 Å². The summed E-state index contributed by atoms with van der Waals surface area (Å²) in [6.45, 7) is 0.627. The number of fused-ring (bicyclic) bond motifs is 1. The van der Waals surface area contributed by atoms with E-state index < -0.39 is 0 Å². The van der Waals surface area contributed by atoms with Crippen LogP contribution in [0.2, 0.25) is 0 Å². The van der Waals surface area contributed by atoms with Crippen LogP contribution in [0.3, 0.4) is 0 Å². The third kappa shape index (κ3) is 4.00. The predicted octanol–water partition coefficient (Wildman–Crippen LogP) is 2.57. The Morgan fingerprint density at radius 2 is 1.92 bits per heavy atom. The smallest absolute Gasteiger partial charge is 0.224 e. The summed E-state index contributed by atoms with van der Waals surface area (Å²) < 4.78 is 5.40. The number of rotatable bonds is 7. The molecule has 2 aromatic carbocycles. The van der Waals surface area contributed by atoms with E-state index in [2.05, 4.69) is 10.3 Å². The number of carbonyl (C=O) groups is 1. The number of benzene rings is 2. The van der Waals surface area contributed by atoms with Crippen LogP contribution in [0, 0.1) is 0 Å². The van der Waals surface area contributed by atoms with Crippen molar-refractivity contribution in [2.75, 3.05) is 13.7 Å². The van der Waals surface area contributed by atoms with Crippen LogP contribution in [0.4, 0.5) is 0 Å². The van der Waals surface area contributed by atoms with Crippen LogP contribution in [0.25, 0.3) is 10.9 Å². The highest BCUT2D eigenvalue weighted by Gasteiger charge is 2.12. The number of hydrogen-bond donors (Lipinski definition) is 3. The zero-order valence-corrected chi connectivity index (χ0v) is 14.2. The number of aromatic nitrogens is 1. The molecule has 3 aromatic rings. The van der Waals surface area contributed by atoms with Crippen LogP contribution in [0.1, 0.15) is 16.7 Å². The number of ether oxygens (including phenoxy) is 1. The van der Waals surface area contributed by atoms with Crippen LogP contribution >= 0.6 is 0 Å². The lowest BCUT2D eigenvalue weighted by atomic mass is 10.1. The van der Waals surface area contributed by atoms with Crippen molar-refractivity contribution < 1.29 is 14.6 Å². The van der Waals surface area contributed by atoms with E-state index in [1.807, 2.05) is 48.7 Å². The zero-order valence-electron chi connectivity index (χ0n) is 14.2. The highest BCUT2D eigenvalue weighted by atomic mass is 16.5. The zero-order chi connectivity index (χ0) is 17.6. The Balaban J connectivity index is 1.57. The largest absolute Gasteiger partial charge is 0.496 e. The van der Waals surface area contributed by atoms with Crippen molar-refractivity contribution in [1.29, 1.82) is 0 Å². The lowest BCUT2D eigenvalue weighted by Gasteiger charge is -2.07. The molecule has 5 nitrogen and oxygen atoms in total. The summed E-state index contributed by atoms with van der Waals surface area (Å²) in [7, 11) is 1.63. The van der Waals surface area contributed by atoms with E-state index in [0.29, 0.717) is 13.0 Å². The lowest BCUT2D eigenvalue weighted by molar-refractivity contribution is -0.120. The first kappa shape index (κ1) is 17.0. The van der Waals surface area contributed by atoms with E-state index in [4.69, 9.17) is 9.84 Å². The molecule has 0 bridgehead atoms. The Labute approximate surface area is 146 Å². The highest BCUT2D eigenvalue weighted by Crippen LogP contribution is 2.28. The van der Waals surface area contributed by atoms with Crippen molar-refractivity contribution in [2.45, 2.75) is 19.4 Å². The number of carbonyl (C=O) groups excluding carboxylic acids is 1. The molecule has 0 aliphatic heterocycles. The third-order valence-electron chi connectivity index (χ3n) is 4.26. The molecule has 1 heterocycles. The molecule has 3 N–H and O–H groups in total. The van der Waals surface area contributed by atoms with Crippen LogP contribution in [-0.2, 0) is 24.2 Å². The molecule has 25 heavy (non-hydrogen) atoms. The molecule has 130 valence electrons. The highest BCUT2D eigenvalue weighted by molar-refractivity contribution is 5.93. The molecular formula is C20H22N2O3. The van der Waals surface area contributed by atoms with Crippen LogP contribution in [0.5, 0.6) is 5.75 Å². The first-order valence-electron chi connectivity index (χ1n) is 8.29. The SMILES string of the molecule is COc1cccc2[nH]cc(CC(=O)NCCc3ccc(CO)cc3)c12. The Kier molecular flexibility index (Phi) is 5.36. The monoisotopic (exact) mass is 338 g/mol. The molecule has 0 fully saturated rings. The van der Waals surface area contributed by atoms with Gasteiger partial charge in [-0.15, -0.1) is 0 Å². The lowest BCUT2D eigenvalue weighted by Crippen LogP contribution is -2.27. The molecule has 0 aliphatic rings. The van der Waals surface area contributed by atoms with E-state index in [0.717, 1.165) is 39.8 Å². The second kappa shape index (κ2) is 7.85. The fourth-order valence-corrected chi connectivity index (χ4v) is 2.92. The number of aliphatic hydroxyl groups is 1. The molecule has 0 spiro atoms. The molecule has 3 rings (SSSR count). The standard InChI is InChI=1S/C20H22N2O3/c1-25-18-4-2-3-17-20(18)16(12-22-17)11-19(24)21-10-9-14-5-7-15(13-23)8-6-14/h2-8,12,22-23H,9-11,13H2,1H3,(H,21,24). The van der Waals surface area contributed by atoms with Gasteiger partial charge in [0.15, 0.2) is 0 Å². The number of hydrogen-bond acceptors (Lipinski definition) is 3. The van der Waals surface area contributed by atoms with Gasteiger partial charge in [0.25, 0.3) is 0 Å².